The fraction of sp³-hybridized carbons (Fsp3) is 0.529. The Bertz CT molecular complexity index is 615. The van der Waals surface area contributed by atoms with Gasteiger partial charge >= 0.3 is 6.09 Å². The highest BCUT2D eigenvalue weighted by molar-refractivity contribution is 6.02. The summed E-state index contributed by atoms with van der Waals surface area (Å²) in [4.78, 5) is 25.7. The number of hydrogen-bond acceptors (Lipinski definition) is 5. The van der Waals surface area contributed by atoms with Crippen molar-refractivity contribution in [2.24, 2.45) is 0 Å². The molecule has 1 heterocycles. The molecule has 138 valence electrons. The third-order valence-electron chi connectivity index (χ3n) is 4.05. The molecule has 0 unspecified atom stereocenters. The lowest BCUT2D eigenvalue weighted by atomic mass is 10.0. The van der Waals surface area contributed by atoms with Gasteiger partial charge in [-0.15, -0.1) is 0 Å². The van der Waals surface area contributed by atoms with Gasteiger partial charge in [0.05, 0.1) is 31.1 Å². The molecule has 0 radical (unpaired) electrons. The fourth-order valence-corrected chi connectivity index (χ4v) is 2.69. The number of nitrogens with zero attached hydrogens (tertiary/aromatic N) is 1. The van der Waals surface area contributed by atoms with Crippen LogP contribution in [0.1, 0.15) is 21.5 Å². The van der Waals surface area contributed by atoms with Crippen molar-refractivity contribution < 1.29 is 24.2 Å². The van der Waals surface area contributed by atoms with Gasteiger partial charge < -0.3 is 19.9 Å². The van der Waals surface area contributed by atoms with Crippen LogP contribution in [0.15, 0.2) is 12.1 Å². The SMILES string of the molecule is COCCNC(=O)c1cc(CN2CCOCC2)c(C)cc1NC(=O)O. The van der Waals surface area contributed by atoms with Gasteiger partial charge in [0.1, 0.15) is 0 Å². The topological polar surface area (TPSA) is 100 Å². The highest BCUT2D eigenvalue weighted by Gasteiger charge is 2.18. The average molecular weight is 351 g/mol. The molecule has 3 N–H and O–H groups in total. The van der Waals surface area contributed by atoms with Gasteiger partial charge in [-0.2, -0.15) is 0 Å². The van der Waals surface area contributed by atoms with Gasteiger partial charge in [0.2, 0.25) is 0 Å². The number of methoxy groups -OCH3 is 1. The summed E-state index contributed by atoms with van der Waals surface area (Å²) in [5, 5.41) is 14.1. The Kier molecular flexibility index (Phi) is 7.17. The number of anilines is 1. The number of ether oxygens (including phenoxy) is 2. The van der Waals surface area contributed by atoms with Crippen LogP contribution in [0.2, 0.25) is 0 Å². The second kappa shape index (κ2) is 9.36. The molecule has 1 aromatic rings. The maximum absolute atomic E-state index is 12.4. The van der Waals surface area contributed by atoms with Crippen LogP contribution in [-0.2, 0) is 16.0 Å². The molecule has 8 heteroatoms. The van der Waals surface area contributed by atoms with Gasteiger partial charge in [-0.3, -0.25) is 15.0 Å². The first-order valence-corrected chi connectivity index (χ1v) is 8.22. The first-order valence-electron chi connectivity index (χ1n) is 8.22. The molecule has 0 bridgehead atoms. The second-order valence-corrected chi connectivity index (χ2v) is 5.89. The van der Waals surface area contributed by atoms with Crippen LogP contribution in [0.3, 0.4) is 0 Å². The molecule has 0 aliphatic carbocycles. The van der Waals surface area contributed by atoms with E-state index in [0.29, 0.717) is 38.5 Å². The Morgan fingerprint density at radius 3 is 2.68 bits per heavy atom. The maximum atomic E-state index is 12.4. The van der Waals surface area contributed by atoms with Crippen molar-refractivity contribution in [2.45, 2.75) is 13.5 Å². The van der Waals surface area contributed by atoms with Crippen molar-refractivity contribution in [3.8, 4) is 0 Å². The van der Waals surface area contributed by atoms with E-state index in [0.717, 1.165) is 24.2 Å². The van der Waals surface area contributed by atoms with Crippen molar-refractivity contribution >= 4 is 17.7 Å². The van der Waals surface area contributed by atoms with Gasteiger partial charge in [-0.25, -0.2) is 4.79 Å². The summed E-state index contributed by atoms with van der Waals surface area (Å²) >= 11 is 0. The molecular weight excluding hydrogens is 326 g/mol. The summed E-state index contributed by atoms with van der Waals surface area (Å²) in [6, 6.07) is 3.47. The molecule has 1 aromatic carbocycles. The van der Waals surface area contributed by atoms with Crippen LogP contribution < -0.4 is 10.6 Å². The Labute approximate surface area is 147 Å². The Morgan fingerprint density at radius 2 is 2.04 bits per heavy atom. The number of morpholine rings is 1. The molecule has 1 saturated heterocycles. The highest BCUT2D eigenvalue weighted by atomic mass is 16.5. The number of hydrogen-bond donors (Lipinski definition) is 3. The van der Waals surface area contributed by atoms with E-state index in [1.54, 1.807) is 19.2 Å². The quantitative estimate of drug-likeness (QED) is 0.640. The monoisotopic (exact) mass is 351 g/mol. The fourth-order valence-electron chi connectivity index (χ4n) is 2.69. The van der Waals surface area contributed by atoms with E-state index in [4.69, 9.17) is 14.6 Å². The van der Waals surface area contributed by atoms with E-state index in [-0.39, 0.29) is 11.6 Å². The number of carboxylic acid groups (broad SMARTS) is 1. The standard InChI is InChI=1S/C17H25N3O5/c1-12-9-15(19-17(22)23)14(16(21)18-3-6-24-2)10-13(12)11-20-4-7-25-8-5-20/h9-10,19H,3-8,11H2,1-2H3,(H,18,21)(H,22,23). The number of carbonyl (C=O) groups excluding carboxylic acids is 1. The molecule has 0 aromatic heterocycles. The van der Waals surface area contributed by atoms with Gasteiger partial charge in [0.15, 0.2) is 0 Å². The zero-order valence-corrected chi connectivity index (χ0v) is 14.6. The zero-order chi connectivity index (χ0) is 18.2. The summed E-state index contributed by atoms with van der Waals surface area (Å²) in [7, 11) is 1.55. The molecule has 2 amide bonds. The van der Waals surface area contributed by atoms with E-state index >= 15 is 0 Å². The molecule has 0 saturated carbocycles. The minimum Gasteiger partial charge on any atom is -0.465 e. The molecular formula is C17H25N3O5. The second-order valence-electron chi connectivity index (χ2n) is 5.89. The first kappa shape index (κ1) is 19.2. The lowest BCUT2D eigenvalue weighted by molar-refractivity contribution is 0.0341. The molecule has 25 heavy (non-hydrogen) atoms. The normalized spacial score (nSPS) is 15.0. The smallest absolute Gasteiger partial charge is 0.409 e. The summed E-state index contributed by atoms with van der Waals surface area (Å²) in [5.41, 5.74) is 2.52. The first-order chi connectivity index (χ1) is 12.0. The summed E-state index contributed by atoms with van der Waals surface area (Å²) in [6.45, 7) is 6.42. The largest absolute Gasteiger partial charge is 0.465 e. The number of benzene rings is 1. The van der Waals surface area contributed by atoms with Crippen LogP contribution in [0.25, 0.3) is 0 Å². The van der Waals surface area contributed by atoms with Crippen LogP contribution >= 0.6 is 0 Å². The number of amides is 2. The van der Waals surface area contributed by atoms with Gasteiger partial charge in [-0.05, 0) is 30.2 Å². The third-order valence-corrected chi connectivity index (χ3v) is 4.05. The summed E-state index contributed by atoms with van der Waals surface area (Å²) in [5.74, 6) is -0.330. The molecule has 1 aliphatic rings. The Balaban J connectivity index is 2.23. The van der Waals surface area contributed by atoms with Crippen molar-refractivity contribution in [3.05, 3.63) is 28.8 Å². The lowest BCUT2D eigenvalue weighted by Gasteiger charge is -2.27. The van der Waals surface area contributed by atoms with Crippen molar-refractivity contribution in [2.75, 3.05) is 51.9 Å². The minimum absolute atomic E-state index is 0.283. The van der Waals surface area contributed by atoms with Gasteiger partial charge in [0.25, 0.3) is 5.91 Å². The predicted molar refractivity (Wildman–Crippen MR) is 93.1 cm³/mol. The molecule has 0 atom stereocenters. The maximum Gasteiger partial charge on any atom is 0.409 e. The van der Waals surface area contributed by atoms with Gasteiger partial charge in [0, 0.05) is 33.3 Å². The minimum atomic E-state index is -1.20. The predicted octanol–water partition coefficient (Wildman–Crippen LogP) is 1.29. The summed E-state index contributed by atoms with van der Waals surface area (Å²) < 4.78 is 10.3. The van der Waals surface area contributed by atoms with E-state index in [2.05, 4.69) is 15.5 Å². The molecule has 1 aliphatic heterocycles. The van der Waals surface area contributed by atoms with E-state index in [1.807, 2.05) is 6.92 Å². The van der Waals surface area contributed by atoms with Crippen LogP contribution in [0, 0.1) is 6.92 Å². The lowest BCUT2D eigenvalue weighted by Crippen LogP contribution is -2.36. The van der Waals surface area contributed by atoms with Crippen LogP contribution in [0.5, 0.6) is 0 Å². The van der Waals surface area contributed by atoms with Crippen LogP contribution in [0.4, 0.5) is 10.5 Å². The molecule has 0 spiro atoms. The summed E-state index contributed by atoms with van der Waals surface area (Å²) in [6.07, 6.45) is -1.20. The number of nitrogens with one attached hydrogen (secondary N) is 2. The number of rotatable bonds is 7. The average Bonchev–Trinajstić information content (AvgIpc) is 2.57. The zero-order valence-electron chi connectivity index (χ0n) is 14.6. The molecule has 8 nitrogen and oxygen atoms in total. The number of carbonyl (C=O) groups is 2. The molecule has 2 rings (SSSR count). The van der Waals surface area contributed by atoms with Crippen molar-refractivity contribution in [1.29, 1.82) is 0 Å². The Hall–Kier alpha value is -2.16. The van der Waals surface area contributed by atoms with Crippen molar-refractivity contribution in [1.82, 2.24) is 10.2 Å². The third kappa shape index (κ3) is 5.70. The molecule has 1 fully saturated rings. The van der Waals surface area contributed by atoms with E-state index < -0.39 is 6.09 Å². The van der Waals surface area contributed by atoms with Gasteiger partial charge in [-0.1, -0.05) is 0 Å². The number of aryl methyl sites for hydroxylation is 1. The van der Waals surface area contributed by atoms with E-state index in [1.165, 1.54) is 0 Å². The van der Waals surface area contributed by atoms with E-state index in [9.17, 15) is 9.59 Å². The van der Waals surface area contributed by atoms with Crippen molar-refractivity contribution in [3.63, 3.8) is 0 Å². The Morgan fingerprint density at radius 1 is 1.32 bits per heavy atom. The highest BCUT2D eigenvalue weighted by Crippen LogP contribution is 2.23. The van der Waals surface area contributed by atoms with Crippen LogP contribution in [-0.4, -0.2) is 68.6 Å².